The van der Waals surface area contributed by atoms with Crippen LogP contribution in [0.1, 0.15) is 0 Å². The molecule has 0 unspecified atom stereocenters. The van der Waals surface area contributed by atoms with Gasteiger partial charge in [-0.05, 0) is 0 Å². The first-order valence-electron chi connectivity index (χ1n) is 3.15. The Morgan fingerprint density at radius 3 is 3.17 bits per heavy atom. The third kappa shape index (κ3) is 0.669. The average Bonchev–Trinajstić information content (AvgIpc) is 2.48. The van der Waals surface area contributed by atoms with Gasteiger partial charge in [0.05, 0.1) is 6.33 Å². The third-order valence-corrected chi connectivity index (χ3v) is 1.52. The molecule has 0 saturated carbocycles. The Bertz CT molecular complexity index is 482. The molecule has 0 spiro atoms. The van der Waals surface area contributed by atoms with Crippen LogP contribution in [0.15, 0.2) is 6.33 Å². The molecule has 0 bridgehead atoms. The lowest BCUT2D eigenvalue weighted by Gasteiger charge is -2.00. The van der Waals surface area contributed by atoms with Gasteiger partial charge >= 0.3 is 0 Å². The monoisotopic (exact) mass is 166 g/mol. The van der Waals surface area contributed by atoms with Crippen molar-refractivity contribution >= 4 is 17.0 Å². The van der Waals surface area contributed by atoms with E-state index in [1.54, 1.807) is 0 Å². The fourth-order valence-corrected chi connectivity index (χ4v) is 0.928. The second-order valence-electron chi connectivity index (χ2n) is 2.23. The van der Waals surface area contributed by atoms with E-state index >= 15 is 0 Å². The zero-order chi connectivity index (χ0) is 8.72. The van der Waals surface area contributed by atoms with Gasteiger partial charge in [-0.1, -0.05) is 0 Å². The van der Waals surface area contributed by atoms with E-state index in [0.29, 0.717) is 15.9 Å². The molecule has 7 heteroatoms. The summed E-state index contributed by atoms with van der Waals surface area (Å²) in [5, 5.41) is 16.3. The summed E-state index contributed by atoms with van der Waals surface area (Å²) in [6.45, 7) is 0. The number of fused-ring (bicyclic) bond motifs is 1. The third-order valence-electron chi connectivity index (χ3n) is 1.52. The van der Waals surface area contributed by atoms with Crippen molar-refractivity contribution in [3.05, 3.63) is 11.9 Å². The van der Waals surface area contributed by atoms with E-state index in [1.807, 2.05) is 0 Å². The van der Waals surface area contributed by atoms with E-state index in [0.717, 1.165) is 0 Å². The molecule has 0 radical (unpaired) electrons. The molecule has 0 aliphatic rings. The quantitative estimate of drug-likeness (QED) is 0.378. The summed E-state index contributed by atoms with van der Waals surface area (Å²) in [6.07, 6.45) is 1.40. The van der Waals surface area contributed by atoms with Crippen LogP contribution in [0, 0.1) is 5.41 Å². The van der Waals surface area contributed by atoms with Crippen LogP contribution in [0.3, 0.4) is 0 Å². The molecular formula is C5H6N6O. The van der Waals surface area contributed by atoms with Gasteiger partial charge in [0.15, 0.2) is 11.5 Å². The topological polar surface area (TPSA) is 117 Å². The minimum absolute atomic E-state index is 0.0301. The Morgan fingerprint density at radius 2 is 2.42 bits per heavy atom. The number of rotatable bonds is 0. The molecule has 7 nitrogen and oxygen atoms in total. The molecule has 0 aliphatic carbocycles. The zero-order valence-electron chi connectivity index (χ0n) is 5.94. The molecule has 0 aliphatic heterocycles. The van der Waals surface area contributed by atoms with E-state index in [9.17, 15) is 0 Å². The number of imidazole rings is 1. The Labute approximate surface area is 66.0 Å². The molecule has 2 rings (SSSR count). The molecule has 2 heterocycles. The van der Waals surface area contributed by atoms with E-state index in [-0.39, 0.29) is 11.4 Å². The molecular weight excluding hydrogens is 160 g/mol. The lowest BCUT2D eigenvalue weighted by Crippen LogP contribution is -2.23. The Morgan fingerprint density at radius 1 is 1.67 bits per heavy atom. The summed E-state index contributed by atoms with van der Waals surface area (Å²) >= 11 is 0. The summed E-state index contributed by atoms with van der Waals surface area (Å²) in [5.41, 5.74) is 5.85. The fraction of sp³-hybridized carbons (Fsp3) is 0. The number of hydrogen-bond donors (Lipinski definition) is 4. The predicted octanol–water partition coefficient (Wildman–Crippen LogP) is -0.942. The number of aromatic amines is 1. The number of H-pyrrole nitrogens is 1. The maximum atomic E-state index is 9.12. The second kappa shape index (κ2) is 1.97. The van der Waals surface area contributed by atoms with Gasteiger partial charge in [-0.2, -0.15) is 4.98 Å². The average molecular weight is 166 g/mol. The van der Waals surface area contributed by atoms with Crippen LogP contribution in [0.5, 0.6) is 0 Å². The largest absolute Gasteiger partial charge is 0.423 e. The number of nitrogens with zero attached hydrogens (tertiary/aromatic N) is 3. The van der Waals surface area contributed by atoms with Gasteiger partial charge in [-0.25, -0.2) is 4.98 Å². The lowest BCUT2D eigenvalue weighted by molar-refractivity contribution is 0.173. The maximum absolute atomic E-state index is 9.12. The highest BCUT2D eigenvalue weighted by Gasteiger charge is 2.06. The number of aromatic nitrogens is 4. The fourth-order valence-electron chi connectivity index (χ4n) is 0.928. The molecule has 0 aromatic carbocycles. The van der Waals surface area contributed by atoms with Crippen LogP contribution in [-0.2, 0) is 0 Å². The summed E-state index contributed by atoms with van der Waals surface area (Å²) in [7, 11) is 0. The van der Waals surface area contributed by atoms with Crippen molar-refractivity contribution in [3.8, 4) is 0 Å². The van der Waals surface area contributed by atoms with Crippen molar-refractivity contribution in [1.29, 1.82) is 5.41 Å². The standard InChI is InChI=1S/C5H6N6O/c6-3-2-4(9-1-8-2)10-5(7)11(3)12/h1,12H,6H2,(H2,7,8,9,10). The second-order valence-corrected chi connectivity index (χ2v) is 2.23. The summed E-state index contributed by atoms with van der Waals surface area (Å²) < 4.78 is 0.487. The van der Waals surface area contributed by atoms with E-state index in [1.165, 1.54) is 6.33 Å². The number of anilines is 1. The Kier molecular flexibility index (Phi) is 1.09. The van der Waals surface area contributed by atoms with Crippen LogP contribution in [0.4, 0.5) is 5.82 Å². The molecule has 0 atom stereocenters. The van der Waals surface area contributed by atoms with Gasteiger partial charge in [0, 0.05) is 0 Å². The van der Waals surface area contributed by atoms with Gasteiger partial charge in [0.2, 0.25) is 0 Å². The molecule has 2 aromatic heterocycles. The lowest BCUT2D eigenvalue weighted by atomic mass is 10.5. The molecule has 0 saturated heterocycles. The number of nitrogens with two attached hydrogens (primary N) is 1. The number of nitrogen functional groups attached to an aromatic ring is 1. The minimum Gasteiger partial charge on any atom is -0.423 e. The van der Waals surface area contributed by atoms with Crippen molar-refractivity contribution in [2.75, 3.05) is 5.73 Å². The van der Waals surface area contributed by atoms with Gasteiger partial charge in [-0.3, -0.25) is 5.41 Å². The van der Waals surface area contributed by atoms with Crippen molar-refractivity contribution in [3.63, 3.8) is 0 Å². The van der Waals surface area contributed by atoms with E-state index in [4.69, 9.17) is 16.4 Å². The Hall–Kier alpha value is -2.05. The smallest absolute Gasteiger partial charge is 0.259 e. The van der Waals surface area contributed by atoms with Crippen molar-refractivity contribution < 1.29 is 5.21 Å². The van der Waals surface area contributed by atoms with E-state index in [2.05, 4.69) is 15.0 Å². The van der Waals surface area contributed by atoms with Gasteiger partial charge < -0.3 is 15.9 Å². The first kappa shape index (κ1) is 6.65. The molecule has 5 N–H and O–H groups in total. The van der Waals surface area contributed by atoms with Crippen LogP contribution < -0.4 is 11.4 Å². The van der Waals surface area contributed by atoms with Gasteiger partial charge in [-0.15, -0.1) is 4.73 Å². The highest BCUT2D eigenvalue weighted by atomic mass is 16.5. The van der Waals surface area contributed by atoms with E-state index < -0.39 is 0 Å². The predicted molar refractivity (Wildman–Crippen MR) is 39.3 cm³/mol. The molecule has 12 heavy (non-hydrogen) atoms. The number of hydrogen-bond acceptors (Lipinski definition) is 5. The van der Waals surface area contributed by atoms with Crippen LogP contribution in [0.2, 0.25) is 0 Å². The Balaban J connectivity index is 3.04. The normalized spacial score (nSPS) is 10.7. The van der Waals surface area contributed by atoms with Crippen LogP contribution in [-0.4, -0.2) is 24.9 Å². The first-order chi connectivity index (χ1) is 5.70. The molecule has 2 aromatic rings. The first-order valence-corrected chi connectivity index (χ1v) is 3.15. The number of nitrogens with one attached hydrogen (secondary N) is 2. The van der Waals surface area contributed by atoms with Crippen molar-refractivity contribution in [1.82, 2.24) is 19.7 Å². The van der Waals surface area contributed by atoms with Crippen molar-refractivity contribution in [2.45, 2.75) is 0 Å². The molecule has 0 amide bonds. The van der Waals surface area contributed by atoms with Gasteiger partial charge in [0.1, 0.15) is 5.52 Å². The summed E-state index contributed by atoms with van der Waals surface area (Å²) in [4.78, 5) is 10.1. The van der Waals surface area contributed by atoms with Crippen molar-refractivity contribution in [2.24, 2.45) is 0 Å². The minimum atomic E-state index is -0.341. The summed E-state index contributed by atoms with van der Waals surface area (Å²) in [5.74, 6) is 0.0301. The highest BCUT2D eigenvalue weighted by Crippen LogP contribution is 2.09. The van der Waals surface area contributed by atoms with Crippen LogP contribution in [0.25, 0.3) is 11.2 Å². The molecule has 0 fully saturated rings. The zero-order valence-corrected chi connectivity index (χ0v) is 5.94. The van der Waals surface area contributed by atoms with Crippen LogP contribution >= 0.6 is 0 Å². The highest BCUT2D eigenvalue weighted by molar-refractivity contribution is 5.80. The molecule has 62 valence electrons. The maximum Gasteiger partial charge on any atom is 0.259 e. The SMILES string of the molecule is N=c1nc2nc[nH]c2c(N)n1O. The summed E-state index contributed by atoms with van der Waals surface area (Å²) in [6, 6.07) is 0. The van der Waals surface area contributed by atoms with Gasteiger partial charge in [0.25, 0.3) is 5.62 Å².